The largest absolute Gasteiger partial charge is 0.456 e. The third-order valence-corrected chi connectivity index (χ3v) is 2.93. The number of hydrogen-bond donors (Lipinski definition) is 2. The topological polar surface area (TPSA) is 59.1 Å². The van der Waals surface area contributed by atoms with Crippen LogP contribution in [-0.2, 0) is 6.18 Å². The maximum Gasteiger partial charge on any atom is 0.416 e. The van der Waals surface area contributed by atoms with Crippen molar-refractivity contribution in [3.63, 3.8) is 0 Å². The highest BCUT2D eigenvalue weighted by Gasteiger charge is 2.30. The van der Waals surface area contributed by atoms with Gasteiger partial charge in [0.1, 0.15) is 17.3 Å². The van der Waals surface area contributed by atoms with Gasteiger partial charge in [-0.2, -0.15) is 13.2 Å². The molecule has 0 saturated heterocycles. The molecule has 0 aliphatic rings. The molecule has 7 heteroatoms. The molecule has 0 spiro atoms. The van der Waals surface area contributed by atoms with Crippen molar-refractivity contribution in [3.8, 4) is 11.5 Å². The fraction of sp³-hybridized carbons (Fsp3) is 0.0714. The summed E-state index contributed by atoms with van der Waals surface area (Å²) in [6, 6.07) is 8.83. The quantitative estimate of drug-likeness (QED) is 0.650. The van der Waals surface area contributed by atoms with E-state index in [1.54, 1.807) is 0 Å². The summed E-state index contributed by atoms with van der Waals surface area (Å²) in [6.07, 6.45) is -4.44. The maximum absolute atomic E-state index is 12.6. The molecule has 2 aromatic carbocycles. The number of nitrogens with one attached hydrogen (secondary N) is 1. The molecule has 0 bridgehead atoms. The normalized spacial score (nSPS) is 11.2. The van der Waals surface area contributed by atoms with Crippen molar-refractivity contribution >= 4 is 17.4 Å². The zero-order valence-electron chi connectivity index (χ0n) is 10.5. The third kappa shape index (κ3) is 3.66. The van der Waals surface area contributed by atoms with Crippen LogP contribution in [-0.4, -0.2) is 5.84 Å². The Hall–Kier alpha value is -2.21. The van der Waals surface area contributed by atoms with Crippen molar-refractivity contribution in [2.75, 3.05) is 0 Å². The molecule has 2 rings (SSSR count). The number of amidine groups is 1. The first-order valence-electron chi connectivity index (χ1n) is 5.76. The van der Waals surface area contributed by atoms with E-state index in [2.05, 4.69) is 0 Å². The summed E-state index contributed by atoms with van der Waals surface area (Å²) < 4.78 is 43.2. The lowest BCUT2D eigenvalue weighted by Gasteiger charge is -2.11. The first-order valence-corrected chi connectivity index (χ1v) is 6.14. The van der Waals surface area contributed by atoms with Crippen LogP contribution in [0, 0.1) is 5.41 Å². The lowest BCUT2D eigenvalue weighted by Crippen LogP contribution is -2.10. The van der Waals surface area contributed by atoms with Gasteiger partial charge in [-0.25, -0.2) is 0 Å². The molecule has 0 unspecified atom stereocenters. The fourth-order valence-electron chi connectivity index (χ4n) is 1.61. The van der Waals surface area contributed by atoms with E-state index < -0.39 is 11.7 Å². The van der Waals surface area contributed by atoms with Gasteiger partial charge in [-0.1, -0.05) is 17.7 Å². The summed E-state index contributed by atoms with van der Waals surface area (Å²) >= 11 is 5.95. The van der Waals surface area contributed by atoms with Crippen molar-refractivity contribution in [2.45, 2.75) is 6.18 Å². The number of halogens is 4. The molecule has 0 aliphatic heterocycles. The molecular weight excluding hydrogens is 305 g/mol. The van der Waals surface area contributed by atoms with E-state index in [0.29, 0.717) is 5.56 Å². The fourth-order valence-corrected chi connectivity index (χ4v) is 1.83. The Morgan fingerprint density at radius 3 is 2.43 bits per heavy atom. The summed E-state index contributed by atoms with van der Waals surface area (Å²) in [5.41, 5.74) is 4.90. The average Bonchev–Trinajstić information content (AvgIpc) is 2.40. The van der Waals surface area contributed by atoms with E-state index in [9.17, 15) is 13.2 Å². The highest BCUT2D eigenvalue weighted by Crippen LogP contribution is 2.34. The summed E-state index contributed by atoms with van der Waals surface area (Å²) in [5.74, 6) is 0.0332. The van der Waals surface area contributed by atoms with E-state index in [0.717, 1.165) is 12.1 Å². The summed E-state index contributed by atoms with van der Waals surface area (Å²) in [7, 11) is 0. The van der Waals surface area contributed by atoms with Gasteiger partial charge in [0.2, 0.25) is 0 Å². The van der Waals surface area contributed by atoms with Crippen LogP contribution >= 0.6 is 11.6 Å². The minimum atomic E-state index is -4.44. The van der Waals surface area contributed by atoms with Gasteiger partial charge in [-0.15, -0.1) is 0 Å². The second kappa shape index (κ2) is 5.65. The number of ether oxygens (including phenoxy) is 1. The van der Waals surface area contributed by atoms with E-state index in [-0.39, 0.29) is 22.4 Å². The number of rotatable bonds is 3. The molecular formula is C14H10ClF3N2O. The van der Waals surface area contributed by atoms with Crippen LogP contribution in [0.4, 0.5) is 13.2 Å². The van der Waals surface area contributed by atoms with Gasteiger partial charge in [-0.05, 0) is 36.4 Å². The van der Waals surface area contributed by atoms with Crippen molar-refractivity contribution < 1.29 is 17.9 Å². The minimum absolute atomic E-state index is 0.0160. The highest BCUT2D eigenvalue weighted by molar-refractivity contribution is 6.32. The third-order valence-electron chi connectivity index (χ3n) is 2.63. The Labute approximate surface area is 123 Å². The molecule has 3 N–H and O–H groups in total. The van der Waals surface area contributed by atoms with Crippen molar-refractivity contribution in [3.05, 3.63) is 58.6 Å². The molecule has 0 aliphatic carbocycles. The van der Waals surface area contributed by atoms with Gasteiger partial charge in [0, 0.05) is 5.56 Å². The van der Waals surface area contributed by atoms with E-state index in [4.69, 9.17) is 27.5 Å². The highest BCUT2D eigenvalue weighted by atomic mass is 35.5. The van der Waals surface area contributed by atoms with E-state index in [1.807, 2.05) is 0 Å². The minimum Gasteiger partial charge on any atom is -0.456 e. The summed E-state index contributed by atoms with van der Waals surface area (Å²) in [5, 5.41) is 7.43. The zero-order valence-corrected chi connectivity index (χ0v) is 11.3. The molecule has 0 atom stereocenters. The monoisotopic (exact) mass is 314 g/mol. The number of nitrogens with two attached hydrogens (primary N) is 1. The molecule has 0 fully saturated rings. The van der Waals surface area contributed by atoms with Gasteiger partial charge in [-0.3, -0.25) is 5.41 Å². The Morgan fingerprint density at radius 2 is 1.86 bits per heavy atom. The van der Waals surface area contributed by atoms with Gasteiger partial charge >= 0.3 is 6.18 Å². The lowest BCUT2D eigenvalue weighted by atomic mass is 10.2. The number of alkyl halides is 3. The number of benzene rings is 2. The van der Waals surface area contributed by atoms with Crippen molar-refractivity contribution in [1.82, 2.24) is 0 Å². The predicted octanol–water partition coefficient (Wildman–Crippen LogP) is 4.44. The predicted molar refractivity (Wildman–Crippen MR) is 74.0 cm³/mol. The Balaban J connectivity index is 2.28. The van der Waals surface area contributed by atoms with Crippen LogP contribution in [0.3, 0.4) is 0 Å². The Kier molecular flexibility index (Phi) is 4.09. The molecule has 0 amide bonds. The molecule has 0 saturated carbocycles. The van der Waals surface area contributed by atoms with Crippen LogP contribution in [0.2, 0.25) is 5.02 Å². The standard InChI is InChI=1S/C14H10ClF3N2O/c15-11-6-8(13(19)20)4-5-12(11)21-10-3-1-2-9(7-10)14(16,17)18/h1-7H,(H3,19,20). The van der Waals surface area contributed by atoms with Crippen LogP contribution in [0.5, 0.6) is 11.5 Å². The van der Waals surface area contributed by atoms with Crippen LogP contribution in [0.15, 0.2) is 42.5 Å². The summed E-state index contributed by atoms with van der Waals surface area (Å²) in [6.45, 7) is 0. The van der Waals surface area contributed by atoms with Crippen molar-refractivity contribution in [1.29, 1.82) is 5.41 Å². The van der Waals surface area contributed by atoms with E-state index in [1.165, 1.54) is 30.3 Å². The first kappa shape index (κ1) is 15.2. The molecule has 21 heavy (non-hydrogen) atoms. The lowest BCUT2D eigenvalue weighted by molar-refractivity contribution is -0.137. The Bertz CT molecular complexity index is 686. The SMILES string of the molecule is N=C(N)c1ccc(Oc2cccc(C(F)(F)F)c2)c(Cl)c1. The second-order valence-electron chi connectivity index (χ2n) is 4.19. The molecule has 0 heterocycles. The van der Waals surface area contributed by atoms with Gasteiger partial charge in [0.25, 0.3) is 0 Å². The molecule has 2 aromatic rings. The van der Waals surface area contributed by atoms with Gasteiger partial charge < -0.3 is 10.5 Å². The van der Waals surface area contributed by atoms with Crippen LogP contribution < -0.4 is 10.5 Å². The molecule has 3 nitrogen and oxygen atoms in total. The smallest absolute Gasteiger partial charge is 0.416 e. The van der Waals surface area contributed by atoms with Gasteiger partial charge in [0.15, 0.2) is 0 Å². The summed E-state index contributed by atoms with van der Waals surface area (Å²) in [4.78, 5) is 0. The second-order valence-corrected chi connectivity index (χ2v) is 4.59. The van der Waals surface area contributed by atoms with Crippen molar-refractivity contribution in [2.24, 2.45) is 5.73 Å². The molecule has 0 radical (unpaired) electrons. The number of hydrogen-bond acceptors (Lipinski definition) is 2. The molecule has 110 valence electrons. The maximum atomic E-state index is 12.6. The Morgan fingerprint density at radius 1 is 1.14 bits per heavy atom. The van der Waals surface area contributed by atoms with E-state index >= 15 is 0 Å². The molecule has 0 aromatic heterocycles. The average molecular weight is 315 g/mol. The van der Waals surface area contributed by atoms with Crippen LogP contribution in [0.1, 0.15) is 11.1 Å². The first-order chi connectivity index (χ1) is 9.77. The number of nitrogen functional groups attached to an aromatic ring is 1. The zero-order chi connectivity index (χ0) is 15.6. The van der Waals surface area contributed by atoms with Crippen LogP contribution in [0.25, 0.3) is 0 Å². The van der Waals surface area contributed by atoms with Gasteiger partial charge in [0.05, 0.1) is 10.6 Å².